The van der Waals surface area contributed by atoms with Crippen LogP contribution in [0, 0.1) is 17.2 Å². The van der Waals surface area contributed by atoms with Crippen molar-refractivity contribution in [3.63, 3.8) is 0 Å². The van der Waals surface area contributed by atoms with E-state index >= 15 is 0 Å². The molecule has 1 aromatic carbocycles. The number of likely N-dealkylation sites (N-methyl/N-ethyl adjacent to an activating group) is 1. The van der Waals surface area contributed by atoms with Crippen LogP contribution in [0.3, 0.4) is 0 Å². The SMILES string of the molecule is CCC(C#N)Cc1ccc2c(c1)CCN2C. The highest BCUT2D eigenvalue weighted by atomic mass is 15.1. The first kappa shape index (κ1) is 11.0. The van der Waals surface area contributed by atoms with Crippen molar-refractivity contribution in [2.45, 2.75) is 26.2 Å². The van der Waals surface area contributed by atoms with Gasteiger partial charge in [-0.1, -0.05) is 19.1 Å². The summed E-state index contributed by atoms with van der Waals surface area (Å²) in [6.45, 7) is 3.20. The van der Waals surface area contributed by atoms with E-state index in [9.17, 15) is 0 Å². The van der Waals surface area contributed by atoms with E-state index in [1.165, 1.54) is 16.8 Å². The van der Waals surface area contributed by atoms with Crippen molar-refractivity contribution < 1.29 is 0 Å². The van der Waals surface area contributed by atoms with Gasteiger partial charge in [0.05, 0.1) is 12.0 Å². The van der Waals surface area contributed by atoms with Crippen LogP contribution < -0.4 is 4.90 Å². The Kier molecular flexibility index (Phi) is 3.14. The van der Waals surface area contributed by atoms with Crippen LogP contribution in [-0.4, -0.2) is 13.6 Å². The van der Waals surface area contributed by atoms with Crippen LogP contribution in [0.25, 0.3) is 0 Å². The van der Waals surface area contributed by atoms with E-state index in [1.807, 2.05) is 0 Å². The predicted octanol–water partition coefficient (Wildman–Crippen LogP) is 2.77. The van der Waals surface area contributed by atoms with Crippen LogP contribution in [-0.2, 0) is 12.8 Å². The van der Waals surface area contributed by atoms with Gasteiger partial charge in [-0.25, -0.2) is 0 Å². The second-order valence-corrected chi connectivity index (χ2v) is 4.57. The van der Waals surface area contributed by atoms with Gasteiger partial charge in [0.15, 0.2) is 0 Å². The van der Waals surface area contributed by atoms with Gasteiger partial charge in [-0.15, -0.1) is 0 Å². The summed E-state index contributed by atoms with van der Waals surface area (Å²) in [7, 11) is 2.13. The summed E-state index contributed by atoms with van der Waals surface area (Å²) in [6, 6.07) is 9.01. The minimum absolute atomic E-state index is 0.164. The molecule has 1 unspecified atom stereocenters. The van der Waals surface area contributed by atoms with Crippen molar-refractivity contribution in [3.05, 3.63) is 29.3 Å². The molecule has 0 aromatic heterocycles. The molecular weight excluding hydrogens is 196 g/mol. The standard InChI is InChI=1S/C14H18N2/c1-3-11(10-15)8-12-4-5-14-13(9-12)6-7-16(14)2/h4-5,9,11H,3,6-8H2,1-2H3. The maximum absolute atomic E-state index is 8.96. The second kappa shape index (κ2) is 4.57. The van der Waals surface area contributed by atoms with Crippen LogP contribution in [0.5, 0.6) is 0 Å². The van der Waals surface area contributed by atoms with E-state index in [2.05, 4.69) is 43.1 Å². The number of nitrogens with zero attached hydrogens (tertiary/aromatic N) is 2. The van der Waals surface area contributed by atoms with Gasteiger partial charge in [0.2, 0.25) is 0 Å². The number of nitriles is 1. The number of benzene rings is 1. The summed E-state index contributed by atoms with van der Waals surface area (Å²) >= 11 is 0. The lowest BCUT2D eigenvalue weighted by molar-refractivity contribution is 0.638. The van der Waals surface area contributed by atoms with Gasteiger partial charge in [-0.3, -0.25) is 0 Å². The number of hydrogen-bond donors (Lipinski definition) is 0. The Hall–Kier alpha value is -1.49. The summed E-state index contributed by atoms with van der Waals surface area (Å²) in [5.41, 5.74) is 4.10. The lowest BCUT2D eigenvalue weighted by Crippen LogP contribution is -2.12. The van der Waals surface area contributed by atoms with Gasteiger partial charge in [0.25, 0.3) is 0 Å². The Labute approximate surface area is 97.5 Å². The van der Waals surface area contributed by atoms with Crippen LogP contribution in [0.4, 0.5) is 5.69 Å². The van der Waals surface area contributed by atoms with Gasteiger partial charge >= 0.3 is 0 Å². The molecule has 0 saturated heterocycles. The van der Waals surface area contributed by atoms with Gasteiger partial charge in [0, 0.05) is 19.3 Å². The quantitative estimate of drug-likeness (QED) is 0.773. The third-order valence-corrected chi connectivity index (χ3v) is 3.43. The van der Waals surface area contributed by atoms with Crippen molar-refractivity contribution in [2.75, 3.05) is 18.5 Å². The molecule has 0 aliphatic carbocycles. The summed E-state index contributed by atoms with van der Waals surface area (Å²) in [5, 5.41) is 8.96. The molecule has 0 fully saturated rings. The van der Waals surface area contributed by atoms with Crippen LogP contribution in [0.15, 0.2) is 18.2 Å². The van der Waals surface area contributed by atoms with E-state index < -0.39 is 0 Å². The number of rotatable bonds is 3. The van der Waals surface area contributed by atoms with Crippen molar-refractivity contribution in [1.82, 2.24) is 0 Å². The zero-order valence-corrected chi connectivity index (χ0v) is 10.0. The maximum atomic E-state index is 8.96. The molecule has 2 heteroatoms. The smallest absolute Gasteiger partial charge is 0.0659 e. The molecule has 0 N–H and O–H groups in total. The van der Waals surface area contributed by atoms with Crippen LogP contribution in [0.1, 0.15) is 24.5 Å². The average Bonchev–Trinajstić information content (AvgIpc) is 2.68. The van der Waals surface area contributed by atoms with E-state index in [0.717, 1.165) is 25.8 Å². The summed E-state index contributed by atoms with van der Waals surface area (Å²) in [4.78, 5) is 2.29. The molecule has 1 aromatic rings. The van der Waals surface area contributed by atoms with Gasteiger partial charge < -0.3 is 4.90 Å². The number of fused-ring (bicyclic) bond motifs is 1. The zero-order chi connectivity index (χ0) is 11.5. The Morgan fingerprint density at radius 3 is 3.00 bits per heavy atom. The van der Waals surface area contributed by atoms with Crippen LogP contribution in [0.2, 0.25) is 0 Å². The zero-order valence-electron chi connectivity index (χ0n) is 10.0. The summed E-state index contributed by atoms with van der Waals surface area (Å²) < 4.78 is 0. The third-order valence-electron chi connectivity index (χ3n) is 3.43. The normalized spacial score (nSPS) is 15.7. The highest BCUT2D eigenvalue weighted by Gasteiger charge is 2.16. The highest BCUT2D eigenvalue weighted by Crippen LogP contribution is 2.28. The molecule has 0 bridgehead atoms. The minimum Gasteiger partial charge on any atom is -0.374 e. The molecule has 1 aliphatic rings. The lowest BCUT2D eigenvalue weighted by atomic mass is 9.96. The molecule has 84 valence electrons. The minimum atomic E-state index is 0.164. The highest BCUT2D eigenvalue weighted by molar-refractivity contribution is 5.58. The Balaban J connectivity index is 2.17. The van der Waals surface area contributed by atoms with E-state index in [4.69, 9.17) is 5.26 Å². The molecule has 2 rings (SSSR count). The van der Waals surface area contributed by atoms with Crippen molar-refractivity contribution in [3.8, 4) is 6.07 Å². The summed E-state index contributed by atoms with van der Waals surface area (Å²) in [6.07, 6.45) is 2.97. The molecule has 1 aliphatic heterocycles. The maximum Gasteiger partial charge on any atom is 0.0659 e. The van der Waals surface area contributed by atoms with Crippen molar-refractivity contribution in [2.24, 2.45) is 5.92 Å². The number of anilines is 1. The van der Waals surface area contributed by atoms with E-state index in [1.54, 1.807) is 0 Å². The topological polar surface area (TPSA) is 27.0 Å². The van der Waals surface area contributed by atoms with Gasteiger partial charge in [0.1, 0.15) is 0 Å². The van der Waals surface area contributed by atoms with Gasteiger partial charge in [-0.2, -0.15) is 5.26 Å². The molecule has 2 nitrogen and oxygen atoms in total. The summed E-state index contributed by atoms with van der Waals surface area (Å²) in [5.74, 6) is 0.164. The van der Waals surface area contributed by atoms with E-state index in [-0.39, 0.29) is 5.92 Å². The van der Waals surface area contributed by atoms with Crippen LogP contribution >= 0.6 is 0 Å². The largest absolute Gasteiger partial charge is 0.374 e. The van der Waals surface area contributed by atoms with Crippen molar-refractivity contribution >= 4 is 5.69 Å². The average molecular weight is 214 g/mol. The molecule has 0 saturated carbocycles. The monoisotopic (exact) mass is 214 g/mol. The van der Waals surface area contributed by atoms with E-state index in [0.29, 0.717) is 0 Å². The molecule has 1 heterocycles. The lowest BCUT2D eigenvalue weighted by Gasteiger charge is -2.12. The second-order valence-electron chi connectivity index (χ2n) is 4.57. The van der Waals surface area contributed by atoms with Gasteiger partial charge in [-0.05, 0) is 36.5 Å². The first-order chi connectivity index (χ1) is 7.74. The fourth-order valence-electron chi connectivity index (χ4n) is 2.31. The fraction of sp³-hybridized carbons (Fsp3) is 0.500. The molecule has 1 atom stereocenters. The Morgan fingerprint density at radius 1 is 1.50 bits per heavy atom. The predicted molar refractivity (Wildman–Crippen MR) is 66.5 cm³/mol. The number of hydrogen-bond acceptors (Lipinski definition) is 2. The molecule has 0 spiro atoms. The first-order valence-electron chi connectivity index (χ1n) is 5.97. The molecule has 0 amide bonds. The molecule has 16 heavy (non-hydrogen) atoms. The Bertz CT molecular complexity index is 417. The Morgan fingerprint density at radius 2 is 2.31 bits per heavy atom. The molecular formula is C14H18N2. The molecule has 0 radical (unpaired) electrons. The third kappa shape index (κ3) is 2.04. The van der Waals surface area contributed by atoms with Crippen molar-refractivity contribution in [1.29, 1.82) is 5.26 Å². The fourth-order valence-corrected chi connectivity index (χ4v) is 2.31. The first-order valence-corrected chi connectivity index (χ1v) is 5.97.